The van der Waals surface area contributed by atoms with E-state index >= 15 is 0 Å². The standard InChI is InChI=1S/C21H35BrO3Si/c1-15(2)18(25-26(8,9)20(4,5)6)10-11-21(13-16(3)22)14-17(24-7)12-19(21)23/h12,18H,1,3,10-11,13-14H2,2,4-9H3. The second kappa shape index (κ2) is 8.57. The van der Waals surface area contributed by atoms with Crippen LogP contribution in [0.3, 0.4) is 0 Å². The Balaban J connectivity index is 2.96. The summed E-state index contributed by atoms with van der Waals surface area (Å²) in [6, 6.07) is 0. The Kier molecular flexibility index (Phi) is 7.71. The van der Waals surface area contributed by atoms with Crippen molar-refractivity contribution in [2.75, 3.05) is 7.11 Å². The van der Waals surface area contributed by atoms with E-state index in [1.165, 1.54) is 0 Å². The summed E-state index contributed by atoms with van der Waals surface area (Å²) in [5.41, 5.74) is 0.532. The van der Waals surface area contributed by atoms with Gasteiger partial charge < -0.3 is 9.16 Å². The van der Waals surface area contributed by atoms with Crippen LogP contribution in [0.2, 0.25) is 18.1 Å². The molecule has 1 aliphatic rings. The fourth-order valence-electron chi connectivity index (χ4n) is 3.06. The van der Waals surface area contributed by atoms with Crippen LogP contribution in [-0.2, 0) is 14.0 Å². The summed E-state index contributed by atoms with van der Waals surface area (Å²) in [5.74, 6) is 0.878. The van der Waals surface area contributed by atoms with Crippen molar-refractivity contribution >= 4 is 30.0 Å². The third-order valence-electron chi connectivity index (χ3n) is 5.80. The smallest absolute Gasteiger partial charge is 0.192 e. The van der Waals surface area contributed by atoms with Crippen molar-refractivity contribution in [1.29, 1.82) is 0 Å². The molecule has 26 heavy (non-hydrogen) atoms. The molecule has 0 N–H and O–H groups in total. The summed E-state index contributed by atoms with van der Waals surface area (Å²) in [6.45, 7) is 21.3. The second-order valence-electron chi connectivity index (χ2n) is 9.08. The van der Waals surface area contributed by atoms with E-state index in [1.54, 1.807) is 13.2 Å². The van der Waals surface area contributed by atoms with Crippen LogP contribution in [-0.4, -0.2) is 27.3 Å². The zero-order valence-electron chi connectivity index (χ0n) is 17.5. The highest BCUT2D eigenvalue weighted by Gasteiger charge is 2.44. The molecular weight excluding hydrogens is 408 g/mol. The van der Waals surface area contributed by atoms with Gasteiger partial charge in [-0.3, -0.25) is 4.79 Å². The average Bonchev–Trinajstić information content (AvgIpc) is 2.77. The molecule has 2 unspecified atom stereocenters. The van der Waals surface area contributed by atoms with Crippen molar-refractivity contribution < 1.29 is 14.0 Å². The number of ketones is 1. The zero-order chi connectivity index (χ0) is 20.3. The molecule has 2 atom stereocenters. The molecule has 0 aromatic carbocycles. The van der Waals surface area contributed by atoms with Crippen molar-refractivity contribution in [3.05, 3.63) is 35.0 Å². The second-order valence-corrected chi connectivity index (χ2v) is 15.0. The van der Waals surface area contributed by atoms with E-state index in [0.29, 0.717) is 12.8 Å². The third-order valence-corrected chi connectivity index (χ3v) is 10.6. The third kappa shape index (κ3) is 5.67. The molecule has 1 aliphatic carbocycles. The van der Waals surface area contributed by atoms with Gasteiger partial charge in [0.25, 0.3) is 0 Å². The molecule has 0 bridgehead atoms. The Morgan fingerprint density at radius 2 is 1.96 bits per heavy atom. The van der Waals surface area contributed by atoms with Gasteiger partial charge in [-0.25, -0.2) is 0 Å². The maximum Gasteiger partial charge on any atom is 0.192 e. The van der Waals surface area contributed by atoms with Gasteiger partial charge in [0, 0.05) is 17.9 Å². The summed E-state index contributed by atoms with van der Waals surface area (Å²) in [7, 11) is -0.291. The van der Waals surface area contributed by atoms with Crippen LogP contribution in [0.1, 0.15) is 53.4 Å². The molecule has 148 valence electrons. The predicted molar refractivity (Wildman–Crippen MR) is 116 cm³/mol. The normalized spacial score (nSPS) is 22.2. The summed E-state index contributed by atoms with van der Waals surface area (Å²) < 4.78 is 12.8. The average molecular weight is 443 g/mol. The van der Waals surface area contributed by atoms with Gasteiger partial charge in [0.05, 0.1) is 13.2 Å². The van der Waals surface area contributed by atoms with Gasteiger partial charge in [-0.15, -0.1) is 0 Å². The number of halogens is 1. The molecule has 0 heterocycles. The first-order valence-electron chi connectivity index (χ1n) is 9.19. The Bertz CT molecular complexity index is 601. The molecule has 0 spiro atoms. The lowest BCUT2D eigenvalue weighted by Crippen LogP contribution is -2.44. The van der Waals surface area contributed by atoms with Crippen molar-refractivity contribution in [3.8, 4) is 0 Å². The van der Waals surface area contributed by atoms with E-state index < -0.39 is 13.7 Å². The molecule has 0 aromatic rings. The van der Waals surface area contributed by atoms with Crippen LogP contribution in [0, 0.1) is 5.41 Å². The van der Waals surface area contributed by atoms with Crippen LogP contribution < -0.4 is 0 Å². The largest absolute Gasteiger partial charge is 0.501 e. The number of allylic oxidation sites excluding steroid dienone is 3. The minimum absolute atomic E-state index is 0.0317. The molecule has 1 rings (SSSR count). The lowest BCUT2D eigenvalue weighted by Gasteiger charge is -2.40. The molecule has 0 saturated heterocycles. The quantitative estimate of drug-likeness (QED) is 0.301. The van der Waals surface area contributed by atoms with Gasteiger partial charge in [0.1, 0.15) is 5.76 Å². The van der Waals surface area contributed by atoms with Crippen LogP contribution in [0.15, 0.2) is 35.0 Å². The summed E-state index contributed by atoms with van der Waals surface area (Å²) >= 11 is 3.45. The van der Waals surface area contributed by atoms with Crippen molar-refractivity contribution in [2.24, 2.45) is 5.41 Å². The van der Waals surface area contributed by atoms with Crippen molar-refractivity contribution in [2.45, 2.75) is 77.6 Å². The summed E-state index contributed by atoms with van der Waals surface area (Å²) in [5, 5.41) is 0.135. The number of rotatable bonds is 9. The predicted octanol–water partition coefficient (Wildman–Crippen LogP) is 6.52. The zero-order valence-corrected chi connectivity index (χ0v) is 20.1. The van der Waals surface area contributed by atoms with E-state index in [2.05, 4.69) is 63.0 Å². The van der Waals surface area contributed by atoms with E-state index in [4.69, 9.17) is 9.16 Å². The Morgan fingerprint density at radius 1 is 1.38 bits per heavy atom. The SMILES string of the molecule is C=C(Br)CC1(CCC(O[Si](C)(C)C(C)(C)C)C(=C)C)CC(OC)=CC1=O. The molecule has 0 saturated carbocycles. The maximum absolute atomic E-state index is 12.8. The number of hydrogen-bond acceptors (Lipinski definition) is 3. The Labute approximate surface area is 169 Å². The number of carbonyl (C=O) groups is 1. The molecule has 3 nitrogen and oxygen atoms in total. The fourth-order valence-corrected chi connectivity index (χ4v) is 4.99. The number of carbonyl (C=O) groups excluding carboxylic acids is 1. The Hall–Kier alpha value is -0.653. The molecule has 0 radical (unpaired) electrons. The van der Waals surface area contributed by atoms with Crippen LogP contribution in [0.5, 0.6) is 0 Å². The number of hydrogen-bond donors (Lipinski definition) is 0. The van der Waals surface area contributed by atoms with Crippen LogP contribution in [0.4, 0.5) is 0 Å². The molecule has 5 heteroatoms. The maximum atomic E-state index is 12.8. The van der Waals surface area contributed by atoms with Crippen LogP contribution in [0.25, 0.3) is 0 Å². The van der Waals surface area contributed by atoms with Gasteiger partial charge in [0.2, 0.25) is 0 Å². The fraction of sp³-hybridized carbons (Fsp3) is 0.667. The van der Waals surface area contributed by atoms with Gasteiger partial charge in [-0.05, 0) is 48.8 Å². The highest BCUT2D eigenvalue weighted by Crippen LogP contribution is 2.46. The first-order valence-corrected chi connectivity index (χ1v) is 12.9. The lowest BCUT2D eigenvalue weighted by molar-refractivity contribution is -0.123. The van der Waals surface area contributed by atoms with E-state index in [-0.39, 0.29) is 16.9 Å². The number of methoxy groups -OCH3 is 1. The molecule has 0 aliphatic heterocycles. The highest BCUT2D eigenvalue weighted by molar-refractivity contribution is 9.11. The Morgan fingerprint density at radius 3 is 2.35 bits per heavy atom. The highest BCUT2D eigenvalue weighted by atomic mass is 79.9. The number of ether oxygens (including phenoxy) is 1. The minimum atomic E-state index is -1.91. The van der Waals surface area contributed by atoms with Gasteiger partial charge >= 0.3 is 0 Å². The minimum Gasteiger partial charge on any atom is -0.501 e. The first-order chi connectivity index (χ1) is 11.7. The molecule has 0 amide bonds. The lowest BCUT2D eigenvalue weighted by atomic mass is 9.76. The first kappa shape index (κ1) is 23.4. The van der Waals surface area contributed by atoms with Crippen LogP contribution >= 0.6 is 15.9 Å². The monoisotopic (exact) mass is 442 g/mol. The molecule has 0 aromatic heterocycles. The van der Waals surface area contributed by atoms with Gasteiger partial charge in [0.15, 0.2) is 14.1 Å². The summed E-state index contributed by atoms with van der Waals surface area (Å²) in [6.07, 6.45) is 4.34. The van der Waals surface area contributed by atoms with Crippen molar-refractivity contribution in [3.63, 3.8) is 0 Å². The van der Waals surface area contributed by atoms with E-state index in [9.17, 15) is 4.79 Å². The molecular formula is C21H35BrO3Si. The van der Waals surface area contributed by atoms with Gasteiger partial charge in [-0.1, -0.05) is 55.4 Å². The van der Waals surface area contributed by atoms with Crippen molar-refractivity contribution in [1.82, 2.24) is 0 Å². The van der Waals surface area contributed by atoms with E-state index in [0.717, 1.165) is 28.7 Å². The summed E-state index contributed by atoms with van der Waals surface area (Å²) in [4.78, 5) is 12.8. The molecule has 0 fully saturated rings. The van der Waals surface area contributed by atoms with E-state index in [1.807, 2.05) is 6.92 Å². The van der Waals surface area contributed by atoms with Gasteiger partial charge in [-0.2, -0.15) is 0 Å². The topological polar surface area (TPSA) is 35.5 Å².